The van der Waals surface area contributed by atoms with E-state index in [0.717, 1.165) is 25.1 Å². The number of nitrogens with one attached hydrogen (secondary N) is 2. The van der Waals surface area contributed by atoms with Gasteiger partial charge in [-0.1, -0.05) is 13.0 Å². The van der Waals surface area contributed by atoms with Crippen LogP contribution in [0.1, 0.15) is 31.4 Å². The first-order valence-electron chi connectivity index (χ1n) is 6.75. The number of rotatable bonds is 3. The molecule has 1 heterocycles. The lowest BCUT2D eigenvalue weighted by atomic mass is 10.0. The number of aryl methyl sites for hydroxylation is 2. The van der Waals surface area contributed by atoms with E-state index in [0.29, 0.717) is 0 Å². The van der Waals surface area contributed by atoms with E-state index < -0.39 is 0 Å². The van der Waals surface area contributed by atoms with Gasteiger partial charge in [0.2, 0.25) is 5.91 Å². The van der Waals surface area contributed by atoms with Gasteiger partial charge in [0.15, 0.2) is 0 Å². The second-order valence-electron chi connectivity index (χ2n) is 5.12. The molecule has 1 aliphatic rings. The molecular weight excluding hydrogens is 224 g/mol. The van der Waals surface area contributed by atoms with E-state index in [1.54, 1.807) is 0 Å². The third-order valence-electron chi connectivity index (χ3n) is 3.85. The monoisotopic (exact) mass is 246 g/mol. The van der Waals surface area contributed by atoms with Gasteiger partial charge in [-0.05, 0) is 56.5 Å². The van der Waals surface area contributed by atoms with Crippen molar-refractivity contribution in [2.45, 2.75) is 39.7 Å². The zero-order valence-electron chi connectivity index (χ0n) is 11.4. The molecule has 0 aliphatic carbocycles. The Kier molecular flexibility index (Phi) is 4.02. The second-order valence-corrected chi connectivity index (χ2v) is 5.12. The van der Waals surface area contributed by atoms with Gasteiger partial charge in [-0.15, -0.1) is 0 Å². The molecule has 1 aliphatic heterocycles. The third kappa shape index (κ3) is 2.72. The number of anilines is 1. The van der Waals surface area contributed by atoms with E-state index in [9.17, 15) is 4.79 Å². The van der Waals surface area contributed by atoms with Gasteiger partial charge >= 0.3 is 0 Å². The van der Waals surface area contributed by atoms with Crippen LogP contribution in [0.3, 0.4) is 0 Å². The molecule has 0 bridgehead atoms. The minimum Gasteiger partial charge on any atom is -0.326 e. The van der Waals surface area contributed by atoms with Gasteiger partial charge in [-0.3, -0.25) is 4.79 Å². The zero-order chi connectivity index (χ0) is 13.1. The Morgan fingerprint density at radius 1 is 1.50 bits per heavy atom. The first-order chi connectivity index (χ1) is 8.61. The highest BCUT2D eigenvalue weighted by Crippen LogP contribution is 2.20. The van der Waals surface area contributed by atoms with Crippen LogP contribution >= 0.6 is 0 Å². The molecule has 0 spiro atoms. The van der Waals surface area contributed by atoms with Gasteiger partial charge in [0, 0.05) is 11.7 Å². The van der Waals surface area contributed by atoms with E-state index in [2.05, 4.69) is 43.5 Å². The number of amides is 1. The Hall–Kier alpha value is -1.35. The van der Waals surface area contributed by atoms with Crippen molar-refractivity contribution in [1.29, 1.82) is 0 Å². The summed E-state index contributed by atoms with van der Waals surface area (Å²) in [5.41, 5.74) is 3.49. The second kappa shape index (κ2) is 5.53. The molecule has 2 rings (SSSR count). The first kappa shape index (κ1) is 13.1. The summed E-state index contributed by atoms with van der Waals surface area (Å²) in [5.74, 6) is 0.229. The average Bonchev–Trinajstić information content (AvgIpc) is 2.76. The molecule has 18 heavy (non-hydrogen) atoms. The van der Waals surface area contributed by atoms with Crippen molar-refractivity contribution in [2.75, 3.05) is 11.9 Å². The molecule has 98 valence electrons. The van der Waals surface area contributed by atoms with Crippen molar-refractivity contribution in [3.63, 3.8) is 0 Å². The fourth-order valence-corrected chi connectivity index (χ4v) is 2.62. The molecule has 2 unspecified atom stereocenters. The quantitative estimate of drug-likeness (QED) is 0.860. The van der Waals surface area contributed by atoms with Crippen molar-refractivity contribution in [2.24, 2.45) is 5.92 Å². The third-order valence-corrected chi connectivity index (χ3v) is 3.85. The van der Waals surface area contributed by atoms with E-state index in [4.69, 9.17) is 0 Å². The molecule has 1 saturated heterocycles. The van der Waals surface area contributed by atoms with Crippen LogP contribution in [-0.4, -0.2) is 18.5 Å². The molecule has 1 fully saturated rings. The lowest BCUT2D eigenvalue weighted by molar-refractivity contribution is -0.119. The van der Waals surface area contributed by atoms with Crippen molar-refractivity contribution >= 4 is 11.6 Å². The van der Waals surface area contributed by atoms with Gasteiger partial charge in [0.25, 0.3) is 0 Å². The molecule has 2 N–H and O–H groups in total. The standard InChI is InChI=1S/C15H22N2O/c1-4-12-5-6-13(9-10(12)2)17-15(18)14-7-8-16-11(14)3/h5-6,9,11,14,16H,4,7-8H2,1-3H3,(H,17,18). The van der Waals surface area contributed by atoms with E-state index in [1.165, 1.54) is 11.1 Å². The summed E-state index contributed by atoms with van der Waals surface area (Å²) in [7, 11) is 0. The Labute approximate surface area is 109 Å². The van der Waals surface area contributed by atoms with Crippen LogP contribution in [0.4, 0.5) is 5.69 Å². The number of hydrogen-bond acceptors (Lipinski definition) is 2. The Bertz CT molecular complexity index is 442. The molecule has 0 aromatic heterocycles. The van der Waals surface area contributed by atoms with Crippen LogP contribution in [0.25, 0.3) is 0 Å². The predicted molar refractivity (Wildman–Crippen MR) is 74.8 cm³/mol. The van der Waals surface area contributed by atoms with Gasteiger partial charge in [-0.2, -0.15) is 0 Å². The van der Waals surface area contributed by atoms with Crippen LogP contribution < -0.4 is 10.6 Å². The summed E-state index contributed by atoms with van der Waals surface area (Å²) >= 11 is 0. The van der Waals surface area contributed by atoms with E-state index in [-0.39, 0.29) is 17.9 Å². The van der Waals surface area contributed by atoms with Crippen molar-refractivity contribution < 1.29 is 4.79 Å². The van der Waals surface area contributed by atoms with Crippen LogP contribution in [0.2, 0.25) is 0 Å². The maximum absolute atomic E-state index is 12.1. The highest BCUT2D eigenvalue weighted by atomic mass is 16.1. The summed E-state index contributed by atoms with van der Waals surface area (Å²) < 4.78 is 0. The van der Waals surface area contributed by atoms with Crippen molar-refractivity contribution in [3.8, 4) is 0 Å². The van der Waals surface area contributed by atoms with Crippen LogP contribution in [0, 0.1) is 12.8 Å². The molecule has 0 saturated carbocycles. The topological polar surface area (TPSA) is 41.1 Å². The van der Waals surface area contributed by atoms with Gasteiger partial charge < -0.3 is 10.6 Å². The lowest BCUT2D eigenvalue weighted by Crippen LogP contribution is -2.32. The lowest BCUT2D eigenvalue weighted by Gasteiger charge is -2.15. The highest BCUT2D eigenvalue weighted by Gasteiger charge is 2.29. The molecular formula is C15H22N2O. The maximum Gasteiger partial charge on any atom is 0.229 e. The minimum atomic E-state index is 0.0937. The molecule has 3 heteroatoms. The molecule has 1 aromatic carbocycles. The number of hydrogen-bond donors (Lipinski definition) is 2. The fraction of sp³-hybridized carbons (Fsp3) is 0.533. The molecule has 2 atom stereocenters. The smallest absolute Gasteiger partial charge is 0.229 e. The van der Waals surface area contributed by atoms with Crippen LogP contribution in [0.5, 0.6) is 0 Å². The number of carbonyl (C=O) groups is 1. The Morgan fingerprint density at radius 3 is 2.83 bits per heavy atom. The summed E-state index contributed by atoms with van der Waals surface area (Å²) in [5, 5.41) is 6.33. The largest absolute Gasteiger partial charge is 0.326 e. The van der Waals surface area contributed by atoms with E-state index >= 15 is 0 Å². The molecule has 3 nitrogen and oxygen atoms in total. The molecule has 1 amide bonds. The summed E-state index contributed by atoms with van der Waals surface area (Å²) in [6.45, 7) is 7.25. The predicted octanol–water partition coefficient (Wildman–Crippen LogP) is 2.49. The normalized spacial score (nSPS) is 23.1. The van der Waals surface area contributed by atoms with Gasteiger partial charge in [0.05, 0.1) is 5.92 Å². The van der Waals surface area contributed by atoms with Crippen molar-refractivity contribution in [1.82, 2.24) is 5.32 Å². The molecule has 0 radical (unpaired) electrons. The maximum atomic E-state index is 12.1. The zero-order valence-corrected chi connectivity index (χ0v) is 11.4. The van der Waals surface area contributed by atoms with E-state index in [1.807, 2.05) is 6.07 Å². The number of benzene rings is 1. The Morgan fingerprint density at radius 2 is 2.28 bits per heavy atom. The number of carbonyl (C=O) groups excluding carboxylic acids is 1. The fourth-order valence-electron chi connectivity index (χ4n) is 2.62. The average molecular weight is 246 g/mol. The van der Waals surface area contributed by atoms with Crippen LogP contribution in [0.15, 0.2) is 18.2 Å². The van der Waals surface area contributed by atoms with Crippen molar-refractivity contribution in [3.05, 3.63) is 29.3 Å². The van der Waals surface area contributed by atoms with Gasteiger partial charge in [-0.25, -0.2) is 0 Å². The summed E-state index contributed by atoms with van der Waals surface area (Å²) in [6.07, 6.45) is 1.96. The van der Waals surface area contributed by atoms with Crippen LogP contribution in [-0.2, 0) is 11.2 Å². The molecule has 1 aromatic rings. The minimum absolute atomic E-state index is 0.0937. The van der Waals surface area contributed by atoms with Gasteiger partial charge in [0.1, 0.15) is 0 Å². The Balaban J connectivity index is 2.05. The summed E-state index contributed by atoms with van der Waals surface area (Å²) in [6, 6.07) is 6.43. The first-order valence-corrected chi connectivity index (χ1v) is 6.75. The highest BCUT2D eigenvalue weighted by molar-refractivity contribution is 5.93. The summed E-state index contributed by atoms with van der Waals surface area (Å²) in [4.78, 5) is 12.1. The SMILES string of the molecule is CCc1ccc(NC(=O)C2CCNC2C)cc1C.